The van der Waals surface area contributed by atoms with Crippen LogP contribution in [0.4, 0.5) is 0 Å². The van der Waals surface area contributed by atoms with Gasteiger partial charge in [-0.25, -0.2) is 0 Å². The van der Waals surface area contributed by atoms with Crippen molar-refractivity contribution in [3.05, 3.63) is 29.3 Å². The molecule has 8 heteroatoms. The molecule has 1 aromatic rings. The Hall–Kier alpha value is -2.61. The topological polar surface area (TPSA) is 88.2 Å². The lowest BCUT2D eigenvalue weighted by Gasteiger charge is -2.38. The number of fused-ring (bicyclic) bond motifs is 1. The number of carbonyl (C=O) groups is 3. The van der Waals surface area contributed by atoms with Gasteiger partial charge in [-0.1, -0.05) is 11.6 Å². The average molecular weight is 387 g/mol. The van der Waals surface area contributed by atoms with Gasteiger partial charge in [0.2, 0.25) is 11.8 Å². The molecule has 28 heavy (non-hydrogen) atoms. The van der Waals surface area contributed by atoms with Crippen molar-refractivity contribution in [3.63, 3.8) is 0 Å². The summed E-state index contributed by atoms with van der Waals surface area (Å²) in [6.07, 6.45) is 1.04. The van der Waals surface area contributed by atoms with E-state index in [1.54, 1.807) is 21.9 Å². The number of aryl methyl sites for hydroxylation is 1. The average Bonchev–Trinajstić information content (AvgIpc) is 2.84. The zero-order chi connectivity index (χ0) is 19.7. The zero-order valence-electron chi connectivity index (χ0n) is 16.0. The van der Waals surface area contributed by atoms with Crippen molar-refractivity contribution >= 4 is 17.7 Å². The molecule has 0 aromatic heterocycles. The summed E-state index contributed by atoms with van der Waals surface area (Å²) in [6, 6.07) is 5.50. The first kappa shape index (κ1) is 18.7. The molecular weight excluding hydrogens is 362 g/mol. The molecule has 0 saturated carbocycles. The standard InChI is InChI=1S/C20H25N3O5/c1-14-2-3-16-15(12-14)19(26)21-20(28-16)5-4-17(24)23(7-6-20)13-18(25)22-8-10-27-11-9-22/h2-3,12H,4-11,13H2,1H3,(H,21,26). The van der Waals surface area contributed by atoms with Gasteiger partial charge in [-0.2, -0.15) is 0 Å². The fourth-order valence-electron chi connectivity index (χ4n) is 3.92. The largest absolute Gasteiger partial charge is 0.467 e. The number of hydrogen-bond acceptors (Lipinski definition) is 5. The van der Waals surface area contributed by atoms with E-state index in [1.807, 2.05) is 13.0 Å². The van der Waals surface area contributed by atoms with E-state index in [1.165, 1.54) is 0 Å². The van der Waals surface area contributed by atoms with E-state index in [4.69, 9.17) is 9.47 Å². The number of rotatable bonds is 2. The Balaban J connectivity index is 1.45. The molecule has 3 amide bonds. The van der Waals surface area contributed by atoms with Crippen molar-refractivity contribution in [2.75, 3.05) is 39.4 Å². The van der Waals surface area contributed by atoms with Crippen LogP contribution in [0.5, 0.6) is 5.75 Å². The molecule has 150 valence electrons. The van der Waals surface area contributed by atoms with E-state index in [0.717, 1.165) is 5.56 Å². The summed E-state index contributed by atoms with van der Waals surface area (Å²) in [5.74, 6) is 0.197. The molecule has 1 spiro atoms. The van der Waals surface area contributed by atoms with Crippen LogP contribution in [0, 0.1) is 6.92 Å². The Morgan fingerprint density at radius 2 is 1.96 bits per heavy atom. The van der Waals surface area contributed by atoms with Crippen LogP contribution >= 0.6 is 0 Å². The quantitative estimate of drug-likeness (QED) is 0.807. The smallest absolute Gasteiger partial charge is 0.258 e. The van der Waals surface area contributed by atoms with Gasteiger partial charge < -0.3 is 24.6 Å². The number of morpholine rings is 1. The maximum atomic E-state index is 12.6. The van der Waals surface area contributed by atoms with Gasteiger partial charge in [-0.15, -0.1) is 0 Å². The molecule has 1 N–H and O–H groups in total. The monoisotopic (exact) mass is 387 g/mol. The summed E-state index contributed by atoms with van der Waals surface area (Å²) < 4.78 is 11.4. The first-order chi connectivity index (χ1) is 13.5. The van der Waals surface area contributed by atoms with Crippen molar-refractivity contribution in [3.8, 4) is 5.75 Å². The minimum atomic E-state index is -0.911. The van der Waals surface area contributed by atoms with E-state index in [9.17, 15) is 14.4 Å². The van der Waals surface area contributed by atoms with Gasteiger partial charge in [0.1, 0.15) is 5.75 Å². The molecule has 2 fully saturated rings. The van der Waals surface area contributed by atoms with Crippen LogP contribution in [0.25, 0.3) is 0 Å². The van der Waals surface area contributed by atoms with Crippen molar-refractivity contribution in [1.29, 1.82) is 0 Å². The molecule has 0 aliphatic carbocycles. The molecule has 2 saturated heterocycles. The van der Waals surface area contributed by atoms with E-state index in [0.29, 0.717) is 57.0 Å². The number of carbonyl (C=O) groups excluding carboxylic acids is 3. The lowest BCUT2D eigenvalue weighted by molar-refractivity contribution is -0.142. The van der Waals surface area contributed by atoms with Crippen LogP contribution in [0.2, 0.25) is 0 Å². The molecular formula is C20H25N3O5. The van der Waals surface area contributed by atoms with Crippen LogP contribution in [0.15, 0.2) is 18.2 Å². The normalized spacial score (nSPS) is 25.0. The Morgan fingerprint density at radius 1 is 1.18 bits per heavy atom. The van der Waals surface area contributed by atoms with Gasteiger partial charge in [0.05, 0.1) is 25.3 Å². The van der Waals surface area contributed by atoms with Gasteiger partial charge in [0.15, 0.2) is 5.72 Å². The van der Waals surface area contributed by atoms with Gasteiger partial charge in [-0.05, 0) is 19.1 Å². The van der Waals surface area contributed by atoms with Crippen molar-refractivity contribution in [2.24, 2.45) is 0 Å². The molecule has 4 rings (SSSR count). The van der Waals surface area contributed by atoms with Crippen LogP contribution in [0.3, 0.4) is 0 Å². The lowest BCUT2D eigenvalue weighted by atomic mass is 9.99. The number of amides is 3. The highest BCUT2D eigenvalue weighted by Gasteiger charge is 2.43. The number of nitrogens with zero attached hydrogens (tertiary/aromatic N) is 2. The number of hydrogen-bond donors (Lipinski definition) is 1. The first-order valence-corrected chi connectivity index (χ1v) is 9.71. The highest BCUT2D eigenvalue weighted by atomic mass is 16.5. The SMILES string of the molecule is Cc1ccc2c(c1)C(=O)NC1(CCC(=O)N(CC(=O)N3CCOCC3)CC1)O2. The molecule has 3 aliphatic heterocycles. The number of ether oxygens (including phenoxy) is 2. The Bertz CT molecular complexity index is 805. The molecule has 1 unspecified atom stereocenters. The van der Waals surface area contributed by atoms with E-state index >= 15 is 0 Å². The first-order valence-electron chi connectivity index (χ1n) is 9.71. The van der Waals surface area contributed by atoms with Crippen molar-refractivity contribution < 1.29 is 23.9 Å². The predicted molar refractivity (Wildman–Crippen MR) is 99.8 cm³/mol. The molecule has 0 bridgehead atoms. The summed E-state index contributed by atoms with van der Waals surface area (Å²) in [5, 5.41) is 2.96. The highest BCUT2D eigenvalue weighted by molar-refractivity contribution is 5.98. The summed E-state index contributed by atoms with van der Waals surface area (Å²) in [6.45, 7) is 4.50. The molecule has 3 heterocycles. The molecule has 1 aromatic carbocycles. The van der Waals surface area contributed by atoms with Gasteiger partial charge in [0.25, 0.3) is 5.91 Å². The Labute approximate surface area is 163 Å². The zero-order valence-corrected chi connectivity index (χ0v) is 16.0. The van der Waals surface area contributed by atoms with Crippen LogP contribution in [0.1, 0.15) is 35.2 Å². The van der Waals surface area contributed by atoms with Crippen LogP contribution in [-0.4, -0.2) is 72.6 Å². The third-order valence-electron chi connectivity index (χ3n) is 5.60. The minimum Gasteiger partial charge on any atom is -0.467 e. The second-order valence-corrected chi connectivity index (χ2v) is 7.61. The van der Waals surface area contributed by atoms with Crippen molar-refractivity contribution in [2.45, 2.75) is 31.9 Å². The Morgan fingerprint density at radius 3 is 2.75 bits per heavy atom. The second kappa shape index (κ2) is 7.43. The van der Waals surface area contributed by atoms with E-state index in [2.05, 4.69) is 5.32 Å². The number of likely N-dealkylation sites (tertiary alicyclic amines) is 1. The number of nitrogens with one attached hydrogen (secondary N) is 1. The molecule has 8 nitrogen and oxygen atoms in total. The summed E-state index contributed by atoms with van der Waals surface area (Å²) in [7, 11) is 0. The van der Waals surface area contributed by atoms with Crippen LogP contribution < -0.4 is 10.1 Å². The van der Waals surface area contributed by atoms with Crippen LogP contribution in [-0.2, 0) is 14.3 Å². The summed E-state index contributed by atoms with van der Waals surface area (Å²) >= 11 is 0. The third-order valence-corrected chi connectivity index (χ3v) is 5.60. The second-order valence-electron chi connectivity index (χ2n) is 7.61. The minimum absolute atomic E-state index is 0.0542. The Kier molecular flexibility index (Phi) is 4.97. The maximum absolute atomic E-state index is 12.6. The molecule has 1 atom stereocenters. The summed E-state index contributed by atoms with van der Waals surface area (Å²) in [5.41, 5.74) is 0.587. The van der Waals surface area contributed by atoms with Gasteiger partial charge in [0, 0.05) is 38.9 Å². The highest BCUT2D eigenvalue weighted by Crippen LogP contribution is 2.34. The fourth-order valence-corrected chi connectivity index (χ4v) is 3.92. The maximum Gasteiger partial charge on any atom is 0.258 e. The molecule has 3 aliphatic rings. The number of benzene rings is 1. The van der Waals surface area contributed by atoms with E-state index in [-0.39, 0.29) is 30.7 Å². The third kappa shape index (κ3) is 3.69. The molecule has 0 radical (unpaired) electrons. The van der Waals surface area contributed by atoms with Gasteiger partial charge >= 0.3 is 0 Å². The van der Waals surface area contributed by atoms with E-state index < -0.39 is 5.72 Å². The summed E-state index contributed by atoms with van der Waals surface area (Å²) in [4.78, 5) is 41.0. The van der Waals surface area contributed by atoms with Crippen molar-refractivity contribution in [1.82, 2.24) is 15.1 Å². The van der Waals surface area contributed by atoms with Gasteiger partial charge in [-0.3, -0.25) is 14.4 Å². The predicted octanol–water partition coefficient (Wildman–Crippen LogP) is 0.685. The fraction of sp³-hybridized carbons (Fsp3) is 0.550. The lowest BCUT2D eigenvalue weighted by Crippen LogP contribution is -2.56.